The van der Waals surface area contributed by atoms with Gasteiger partial charge in [-0.1, -0.05) is 15.9 Å². The second kappa shape index (κ2) is 7.83. The molecule has 0 bridgehead atoms. The summed E-state index contributed by atoms with van der Waals surface area (Å²) in [5, 5.41) is 11.1. The Kier molecular flexibility index (Phi) is 5.98. The molecular weight excluding hydrogens is 430 g/mol. The fourth-order valence-corrected chi connectivity index (χ4v) is 3.42. The number of nitro groups is 1. The van der Waals surface area contributed by atoms with Crippen molar-refractivity contribution >= 4 is 37.4 Å². The number of benzene rings is 2. The highest BCUT2D eigenvalue weighted by molar-refractivity contribution is 9.10. The molecule has 0 radical (unpaired) electrons. The molecule has 0 aliphatic rings. The smallest absolute Gasteiger partial charge is 0.338 e. The lowest BCUT2D eigenvalue weighted by Crippen LogP contribution is -2.09. The second-order valence-electron chi connectivity index (χ2n) is 5.24. The number of hydrogen-bond donors (Lipinski definition) is 0. The molecule has 10 heteroatoms. The van der Waals surface area contributed by atoms with Crippen LogP contribution in [0.25, 0.3) is 0 Å². The molecule has 0 unspecified atom stereocenters. The van der Waals surface area contributed by atoms with Gasteiger partial charge in [0.05, 0.1) is 17.6 Å². The number of rotatable bonds is 6. The highest BCUT2D eigenvalue weighted by Gasteiger charge is 2.24. The van der Waals surface area contributed by atoms with Crippen LogP contribution >= 0.6 is 15.9 Å². The molecule has 0 saturated carbocycles. The topological polar surface area (TPSA) is 113 Å². The highest BCUT2D eigenvalue weighted by Crippen LogP contribution is 2.27. The Morgan fingerprint density at radius 2 is 1.92 bits per heavy atom. The maximum Gasteiger partial charge on any atom is 0.338 e. The van der Waals surface area contributed by atoms with Crippen molar-refractivity contribution in [2.24, 2.45) is 0 Å². The summed E-state index contributed by atoms with van der Waals surface area (Å²) >= 11 is 3.30. The van der Waals surface area contributed by atoms with Crippen LogP contribution in [0.4, 0.5) is 5.69 Å². The molecule has 26 heavy (non-hydrogen) atoms. The zero-order chi connectivity index (χ0) is 19.5. The molecule has 0 aliphatic heterocycles. The molecule has 2 rings (SSSR count). The fraction of sp³-hybridized carbons (Fsp3) is 0.188. The van der Waals surface area contributed by atoms with E-state index in [1.165, 1.54) is 13.2 Å². The van der Waals surface area contributed by atoms with E-state index in [0.29, 0.717) is 11.3 Å². The molecule has 0 atom stereocenters. The van der Waals surface area contributed by atoms with Crippen LogP contribution in [0.3, 0.4) is 0 Å². The molecule has 0 heterocycles. The van der Waals surface area contributed by atoms with Crippen molar-refractivity contribution in [2.75, 3.05) is 13.4 Å². The Bertz CT molecular complexity index is 973. The first-order valence-corrected chi connectivity index (χ1v) is 9.80. The van der Waals surface area contributed by atoms with Gasteiger partial charge in [-0.2, -0.15) is 0 Å². The zero-order valence-corrected chi connectivity index (χ0v) is 16.2. The number of halogens is 1. The molecular formula is C16H14BrNO7S. The third-order valence-electron chi connectivity index (χ3n) is 3.39. The van der Waals surface area contributed by atoms with Gasteiger partial charge < -0.3 is 9.47 Å². The lowest BCUT2D eigenvalue weighted by molar-refractivity contribution is -0.387. The van der Waals surface area contributed by atoms with Crippen LogP contribution in [0.1, 0.15) is 15.9 Å². The number of methoxy groups -OCH3 is 1. The largest absolute Gasteiger partial charge is 0.496 e. The maximum atomic E-state index is 12.2. The van der Waals surface area contributed by atoms with Crippen LogP contribution in [-0.4, -0.2) is 32.7 Å². The van der Waals surface area contributed by atoms with Crippen LogP contribution in [0.5, 0.6) is 5.75 Å². The molecule has 2 aromatic rings. The molecule has 0 saturated heterocycles. The molecule has 138 valence electrons. The van der Waals surface area contributed by atoms with Gasteiger partial charge in [0.2, 0.25) is 0 Å². The van der Waals surface area contributed by atoms with E-state index in [-0.39, 0.29) is 12.2 Å². The summed E-state index contributed by atoms with van der Waals surface area (Å²) in [5.41, 5.74) is -0.211. The number of carbonyl (C=O) groups excluding carboxylic acids is 1. The molecule has 0 amide bonds. The number of esters is 1. The fourth-order valence-electron chi connectivity index (χ4n) is 2.19. The Morgan fingerprint density at radius 1 is 1.23 bits per heavy atom. The molecule has 0 aliphatic carbocycles. The number of nitro benzene ring substituents is 1. The normalized spacial score (nSPS) is 11.0. The van der Waals surface area contributed by atoms with E-state index in [1.807, 2.05) is 0 Å². The van der Waals surface area contributed by atoms with E-state index in [4.69, 9.17) is 9.47 Å². The number of hydrogen-bond acceptors (Lipinski definition) is 7. The van der Waals surface area contributed by atoms with Gasteiger partial charge in [-0.3, -0.25) is 10.1 Å². The van der Waals surface area contributed by atoms with Crippen LogP contribution in [0, 0.1) is 10.1 Å². The first kappa shape index (κ1) is 19.9. The van der Waals surface area contributed by atoms with E-state index in [0.717, 1.165) is 22.9 Å². The summed E-state index contributed by atoms with van der Waals surface area (Å²) < 4.78 is 34.3. The van der Waals surface area contributed by atoms with Crippen molar-refractivity contribution < 1.29 is 27.6 Å². The highest BCUT2D eigenvalue weighted by atomic mass is 79.9. The van der Waals surface area contributed by atoms with Crippen molar-refractivity contribution in [1.82, 2.24) is 0 Å². The standard InChI is InChI=1S/C16H14BrNO7S/c1-24-14-5-4-12(17)7-11(14)9-25-16(19)10-3-6-15(26(2,22)23)13(8-10)18(20)21/h3-8H,9H2,1-2H3. The molecule has 0 aromatic heterocycles. The maximum absolute atomic E-state index is 12.2. The van der Waals surface area contributed by atoms with Gasteiger partial charge in [0, 0.05) is 22.4 Å². The van der Waals surface area contributed by atoms with Crippen molar-refractivity contribution in [1.29, 1.82) is 0 Å². The number of sulfone groups is 1. The average Bonchev–Trinajstić information content (AvgIpc) is 2.58. The second-order valence-corrected chi connectivity index (χ2v) is 8.14. The van der Waals surface area contributed by atoms with Crippen molar-refractivity contribution in [3.63, 3.8) is 0 Å². The van der Waals surface area contributed by atoms with E-state index in [2.05, 4.69) is 15.9 Å². The Morgan fingerprint density at radius 3 is 2.50 bits per heavy atom. The summed E-state index contributed by atoms with van der Waals surface area (Å²) in [6.45, 7) is -0.122. The van der Waals surface area contributed by atoms with E-state index < -0.39 is 31.3 Å². The number of nitrogens with zero attached hydrogens (tertiary/aromatic N) is 1. The summed E-state index contributed by atoms with van der Waals surface area (Å²) in [6.07, 6.45) is 0.854. The van der Waals surface area contributed by atoms with Crippen molar-refractivity contribution in [2.45, 2.75) is 11.5 Å². The van der Waals surface area contributed by atoms with Crippen LogP contribution in [0.2, 0.25) is 0 Å². The van der Waals surface area contributed by atoms with Gasteiger partial charge in [0.25, 0.3) is 5.69 Å². The summed E-state index contributed by atoms with van der Waals surface area (Å²) in [6, 6.07) is 8.24. The number of carbonyl (C=O) groups is 1. The number of ether oxygens (including phenoxy) is 2. The Hall–Kier alpha value is -2.46. The minimum Gasteiger partial charge on any atom is -0.496 e. The quantitative estimate of drug-likeness (QED) is 0.382. The predicted molar refractivity (Wildman–Crippen MR) is 96.0 cm³/mol. The van der Waals surface area contributed by atoms with Gasteiger partial charge in [0.15, 0.2) is 9.84 Å². The minimum absolute atomic E-state index is 0.122. The molecule has 0 N–H and O–H groups in total. The molecule has 0 fully saturated rings. The van der Waals surface area contributed by atoms with Crippen LogP contribution < -0.4 is 4.74 Å². The monoisotopic (exact) mass is 443 g/mol. The van der Waals surface area contributed by atoms with Gasteiger partial charge in [-0.25, -0.2) is 13.2 Å². The van der Waals surface area contributed by atoms with Crippen LogP contribution in [0.15, 0.2) is 45.8 Å². The first-order chi connectivity index (χ1) is 12.1. The Balaban J connectivity index is 2.27. The minimum atomic E-state index is -3.81. The Labute approximate surface area is 157 Å². The van der Waals surface area contributed by atoms with Gasteiger partial charge >= 0.3 is 5.97 Å². The summed E-state index contributed by atoms with van der Waals surface area (Å²) in [7, 11) is -2.33. The SMILES string of the molecule is COc1ccc(Br)cc1COC(=O)c1ccc(S(C)(=O)=O)c([N+](=O)[O-])c1. The lowest BCUT2D eigenvalue weighted by Gasteiger charge is -2.10. The third-order valence-corrected chi connectivity index (χ3v) is 5.03. The first-order valence-electron chi connectivity index (χ1n) is 7.11. The van der Waals surface area contributed by atoms with Crippen molar-refractivity contribution in [3.8, 4) is 5.75 Å². The summed E-state index contributed by atoms with van der Waals surface area (Å²) in [5.74, 6) is -0.311. The lowest BCUT2D eigenvalue weighted by atomic mass is 10.2. The van der Waals surface area contributed by atoms with Crippen LogP contribution in [-0.2, 0) is 21.2 Å². The molecule has 8 nitrogen and oxygen atoms in total. The van der Waals surface area contributed by atoms with E-state index in [1.54, 1.807) is 18.2 Å². The van der Waals surface area contributed by atoms with Gasteiger partial charge in [-0.05, 0) is 30.3 Å². The molecule has 2 aromatic carbocycles. The molecule has 0 spiro atoms. The van der Waals surface area contributed by atoms with E-state index in [9.17, 15) is 23.3 Å². The summed E-state index contributed by atoms with van der Waals surface area (Å²) in [4.78, 5) is 22.0. The van der Waals surface area contributed by atoms with Gasteiger partial charge in [-0.15, -0.1) is 0 Å². The van der Waals surface area contributed by atoms with Gasteiger partial charge in [0.1, 0.15) is 17.3 Å². The average molecular weight is 444 g/mol. The zero-order valence-electron chi connectivity index (χ0n) is 13.8. The third kappa shape index (κ3) is 4.58. The predicted octanol–water partition coefficient (Wildman–Crippen LogP) is 3.13. The van der Waals surface area contributed by atoms with E-state index >= 15 is 0 Å². The van der Waals surface area contributed by atoms with Crippen molar-refractivity contribution in [3.05, 3.63) is 62.1 Å².